The number of carbonyl (C=O) groups excluding carboxylic acids is 1. The van der Waals surface area contributed by atoms with Gasteiger partial charge in [0, 0.05) is 12.6 Å². The first-order valence-corrected chi connectivity index (χ1v) is 6.70. The summed E-state index contributed by atoms with van der Waals surface area (Å²) < 4.78 is 5.49. The van der Waals surface area contributed by atoms with E-state index in [1.165, 1.54) is 0 Å². The van der Waals surface area contributed by atoms with Crippen molar-refractivity contribution in [2.45, 2.75) is 19.9 Å². The highest BCUT2D eigenvalue weighted by atomic mass is 16.3. The third kappa shape index (κ3) is 3.48. The number of hydrogen-bond acceptors (Lipinski definition) is 3. The lowest BCUT2D eigenvalue weighted by Crippen LogP contribution is -2.26. The molecule has 0 aliphatic heterocycles. The van der Waals surface area contributed by atoms with Gasteiger partial charge in [-0.15, -0.1) is 0 Å². The van der Waals surface area contributed by atoms with Gasteiger partial charge in [0.15, 0.2) is 0 Å². The monoisotopic (exact) mass is 272 g/mol. The van der Waals surface area contributed by atoms with Crippen LogP contribution in [0.3, 0.4) is 0 Å². The molecule has 0 aliphatic carbocycles. The molecule has 0 bridgehead atoms. The summed E-state index contributed by atoms with van der Waals surface area (Å²) in [6, 6.07) is 11.4. The Morgan fingerprint density at radius 2 is 2.10 bits per heavy atom. The minimum Gasteiger partial charge on any atom is -0.464 e. The number of nitrogens with two attached hydrogens (primary N) is 1. The van der Waals surface area contributed by atoms with Crippen molar-refractivity contribution in [1.82, 2.24) is 4.90 Å². The standard InChI is InChI=1S/C16H20N2O2/c1-12-6-7-15(20-12)11-18(2)16(19)14-5-3-4-13(10-14)8-9-17/h3-7,10H,8-9,11,17H2,1-2H3. The molecule has 0 radical (unpaired) electrons. The lowest BCUT2D eigenvalue weighted by molar-refractivity contribution is 0.0775. The van der Waals surface area contributed by atoms with E-state index >= 15 is 0 Å². The van der Waals surface area contributed by atoms with Crippen LogP contribution in [0, 0.1) is 6.92 Å². The summed E-state index contributed by atoms with van der Waals surface area (Å²) >= 11 is 0. The highest BCUT2D eigenvalue weighted by molar-refractivity contribution is 5.94. The van der Waals surface area contributed by atoms with Crippen LogP contribution < -0.4 is 5.73 Å². The second kappa shape index (κ2) is 6.39. The van der Waals surface area contributed by atoms with Gasteiger partial charge in [0.2, 0.25) is 0 Å². The zero-order valence-corrected chi connectivity index (χ0v) is 11.9. The quantitative estimate of drug-likeness (QED) is 0.909. The average Bonchev–Trinajstić information content (AvgIpc) is 2.84. The molecule has 0 aliphatic rings. The Balaban J connectivity index is 2.07. The smallest absolute Gasteiger partial charge is 0.254 e. The molecule has 1 amide bonds. The molecule has 0 unspecified atom stereocenters. The molecule has 1 heterocycles. The van der Waals surface area contributed by atoms with Gasteiger partial charge in [-0.2, -0.15) is 0 Å². The van der Waals surface area contributed by atoms with Gasteiger partial charge in [-0.1, -0.05) is 12.1 Å². The van der Waals surface area contributed by atoms with Gasteiger partial charge in [0.25, 0.3) is 5.91 Å². The van der Waals surface area contributed by atoms with Crippen LogP contribution >= 0.6 is 0 Å². The third-order valence-electron chi connectivity index (χ3n) is 3.14. The number of benzene rings is 1. The molecule has 20 heavy (non-hydrogen) atoms. The molecule has 0 spiro atoms. The Labute approximate surface area is 119 Å². The number of aryl methyl sites for hydroxylation is 1. The summed E-state index contributed by atoms with van der Waals surface area (Å²) in [6.07, 6.45) is 0.780. The van der Waals surface area contributed by atoms with Crippen LogP contribution in [0.15, 0.2) is 40.8 Å². The van der Waals surface area contributed by atoms with Crippen molar-refractivity contribution in [3.63, 3.8) is 0 Å². The fourth-order valence-electron chi connectivity index (χ4n) is 2.12. The van der Waals surface area contributed by atoms with Gasteiger partial charge in [-0.05, 0) is 49.7 Å². The van der Waals surface area contributed by atoms with Crippen molar-refractivity contribution in [3.05, 3.63) is 59.0 Å². The molecular weight excluding hydrogens is 252 g/mol. The Morgan fingerprint density at radius 1 is 1.30 bits per heavy atom. The van der Waals surface area contributed by atoms with Gasteiger partial charge in [-0.3, -0.25) is 4.79 Å². The fourth-order valence-corrected chi connectivity index (χ4v) is 2.12. The van der Waals surface area contributed by atoms with Gasteiger partial charge in [0.05, 0.1) is 6.54 Å². The van der Waals surface area contributed by atoms with Crippen molar-refractivity contribution < 1.29 is 9.21 Å². The maximum absolute atomic E-state index is 12.4. The highest BCUT2D eigenvalue weighted by Crippen LogP contribution is 2.12. The molecule has 106 valence electrons. The van der Waals surface area contributed by atoms with Crippen LogP contribution in [0.4, 0.5) is 0 Å². The summed E-state index contributed by atoms with van der Waals surface area (Å²) in [5.74, 6) is 1.63. The van der Waals surface area contributed by atoms with Crippen LogP contribution in [0.25, 0.3) is 0 Å². The minimum atomic E-state index is -0.0158. The first kappa shape index (κ1) is 14.3. The van der Waals surface area contributed by atoms with Crippen LogP contribution in [-0.2, 0) is 13.0 Å². The molecule has 1 aromatic heterocycles. The maximum atomic E-state index is 12.4. The Bertz CT molecular complexity index is 590. The second-order valence-corrected chi connectivity index (χ2v) is 4.91. The van der Waals surface area contributed by atoms with E-state index in [0.29, 0.717) is 18.7 Å². The SMILES string of the molecule is Cc1ccc(CN(C)C(=O)c2cccc(CCN)c2)o1. The molecule has 2 aromatic rings. The molecule has 0 atom stereocenters. The van der Waals surface area contributed by atoms with Crippen LogP contribution in [0.2, 0.25) is 0 Å². The zero-order chi connectivity index (χ0) is 14.5. The zero-order valence-electron chi connectivity index (χ0n) is 11.9. The first-order chi connectivity index (χ1) is 9.60. The van der Waals surface area contributed by atoms with Crippen LogP contribution in [0.5, 0.6) is 0 Å². The fraction of sp³-hybridized carbons (Fsp3) is 0.312. The van der Waals surface area contributed by atoms with E-state index in [2.05, 4.69) is 0 Å². The van der Waals surface area contributed by atoms with E-state index in [0.717, 1.165) is 23.5 Å². The Hall–Kier alpha value is -2.07. The molecule has 4 heteroatoms. The minimum absolute atomic E-state index is 0.0158. The van der Waals surface area contributed by atoms with Crippen molar-refractivity contribution >= 4 is 5.91 Å². The summed E-state index contributed by atoms with van der Waals surface area (Å²) in [5, 5.41) is 0. The number of rotatable bonds is 5. The van der Waals surface area contributed by atoms with E-state index in [1.54, 1.807) is 11.9 Å². The van der Waals surface area contributed by atoms with E-state index in [-0.39, 0.29) is 5.91 Å². The van der Waals surface area contributed by atoms with Gasteiger partial charge in [0.1, 0.15) is 11.5 Å². The van der Waals surface area contributed by atoms with Crippen LogP contribution in [0.1, 0.15) is 27.4 Å². The van der Waals surface area contributed by atoms with Crippen molar-refractivity contribution in [2.24, 2.45) is 5.73 Å². The second-order valence-electron chi connectivity index (χ2n) is 4.91. The normalized spacial score (nSPS) is 10.6. The van der Waals surface area contributed by atoms with E-state index in [1.807, 2.05) is 43.3 Å². The molecule has 4 nitrogen and oxygen atoms in total. The molecule has 2 rings (SSSR count). The first-order valence-electron chi connectivity index (χ1n) is 6.70. The number of furan rings is 1. The van der Waals surface area contributed by atoms with Gasteiger partial charge < -0.3 is 15.1 Å². The molecule has 0 saturated carbocycles. The Kier molecular flexibility index (Phi) is 4.58. The van der Waals surface area contributed by atoms with Gasteiger partial charge >= 0.3 is 0 Å². The third-order valence-corrected chi connectivity index (χ3v) is 3.14. The topological polar surface area (TPSA) is 59.5 Å². The van der Waals surface area contributed by atoms with Crippen LogP contribution in [-0.4, -0.2) is 24.4 Å². The summed E-state index contributed by atoms with van der Waals surface area (Å²) in [6.45, 7) is 2.94. The lowest BCUT2D eigenvalue weighted by Gasteiger charge is -2.16. The number of carbonyl (C=O) groups is 1. The molecular formula is C16H20N2O2. The predicted octanol–water partition coefficient (Wildman–Crippen LogP) is 2.36. The molecule has 0 saturated heterocycles. The lowest BCUT2D eigenvalue weighted by atomic mass is 10.1. The summed E-state index contributed by atoms with van der Waals surface area (Å²) in [4.78, 5) is 14.0. The van der Waals surface area contributed by atoms with Crippen molar-refractivity contribution in [3.8, 4) is 0 Å². The molecule has 0 fully saturated rings. The summed E-state index contributed by atoms with van der Waals surface area (Å²) in [5.41, 5.74) is 7.31. The maximum Gasteiger partial charge on any atom is 0.254 e. The number of nitrogens with zero attached hydrogens (tertiary/aromatic N) is 1. The van der Waals surface area contributed by atoms with E-state index in [4.69, 9.17) is 10.2 Å². The Morgan fingerprint density at radius 3 is 2.75 bits per heavy atom. The molecule has 1 aromatic carbocycles. The van der Waals surface area contributed by atoms with Crippen molar-refractivity contribution in [2.75, 3.05) is 13.6 Å². The number of hydrogen-bond donors (Lipinski definition) is 1. The molecule has 2 N–H and O–H groups in total. The predicted molar refractivity (Wildman–Crippen MR) is 78.4 cm³/mol. The summed E-state index contributed by atoms with van der Waals surface area (Å²) in [7, 11) is 1.77. The van der Waals surface area contributed by atoms with E-state index < -0.39 is 0 Å². The average molecular weight is 272 g/mol. The number of amides is 1. The largest absolute Gasteiger partial charge is 0.464 e. The van der Waals surface area contributed by atoms with Gasteiger partial charge in [-0.25, -0.2) is 0 Å². The van der Waals surface area contributed by atoms with E-state index in [9.17, 15) is 4.79 Å². The highest BCUT2D eigenvalue weighted by Gasteiger charge is 2.13. The van der Waals surface area contributed by atoms with Crippen molar-refractivity contribution in [1.29, 1.82) is 0 Å².